The van der Waals surface area contributed by atoms with Gasteiger partial charge in [-0.15, -0.1) is 0 Å². The van der Waals surface area contributed by atoms with Crippen molar-refractivity contribution in [3.8, 4) is 0 Å². The molecule has 4 heterocycles. The molecule has 1 atom stereocenters. The highest BCUT2D eigenvalue weighted by molar-refractivity contribution is 8.16. The van der Waals surface area contributed by atoms with E-state index in [0.29, 0.717) is 24.6 Å². The minimum Gasteiger partial charge on any atom is -0.382 e. The maximum atomic E-state index is 12.4. The third kappa shape index (κ3) is 3.47. The number of amides is 1. The molecule has 0 bridgehead atoms. The van der Waals surface area contributed by atoms with Gasteiger partial charge in [0.1, 0.15) is 11.9 Å². The Bertz CT molecular complexity index is 898. The first kappa shape index (κ1) is 16.4. The van der Waals surface area contributed by atoms with E-state index in [9.17, 15) is 4.79 Å². The lowest BCUT2D eigenvalue weighted by Gasteiger charge is -2.12. The number of nitrogens with zero attached hydrogens (tertiary/aromatic N) is 4. The summed E-state index contributed by atoms with van der Waals surface area (Å²) in [7, 11) is 0. The topological polar surface area (TPSA) is 109 Å². The lowest BCUT2D eigenvalue weighted by Crippen LogP contribution is -2.30. The summed E-state index contributed by atoms with van der Waals surface area (Å²) < 4.78 is 0. The van der Waals surface area contributed by atoms with Gasteiger partial charge >= 0.3 is 0 Å². The molecule has 2 aliphatic rings. The van der Waals surface area contributed by atoms with Crippen molar-refractivity contribution in [2.24, 2.45) is 4.99 Å². The quantitative estimate of drug-likeness (QED) is 0.740. The smallest absolute Gasteiger partial charge is 0.251 e. The number of thioether (sulfide) groups is 1. The number of fused-ring (bicyclic) bond motifs is 1. The Hall–Kier alpha value is -3.07. The van der Waals surface area contributed by atoms with Crippen LogP contribution in [-0.2, 0) is 11.3 Å². The van der Waals surface area contributed by atoms with E-state index in [-0.39, 0.29) is 5.91 Å². The van der Waals surface area contributed by atoms with Crippen molar-refractivity contribution in [1.82, 2.24) is 14.9 Å². The van der Waals surface area contributed by atoms with Crippen LogP contribution >= 0.6 is 11.8 Å². The highest BCUT2D eigenvalue weighted by Gasteiger charge is 2.31. The first-order valence-electron chi connectivity index (χ1n) is 8.07. The summed E-state index contributed by atoms with van der Waals surface area (Å²) in [5.41, 5.74) is 8.03. The lowest BCUT2D eigenvalue weighted by atomic mass is 10.2. The van der Waals surface area contributed by atoms with Crippen molar-refractivity contribution >= 4 is 40.0 Å². The molecule has 2 aromatic rings. The van der Waals surface area contributed by atoms with Gasteiger partial charge in [0.05, 0.1) is 24.5 Å². The number of carbonyl (C=O) groups excluding carboxylic acids is 1. The Balaban J connectivity index is 1.38. The van der Waals surface area contributed by atoms with Crippen LogP contribution in [0.3, 0.4) is 0 Å². The average Bonchev–Trinajstić information content (AvgIpc) is 3.23. The van der Waals surface area contributed by atoms with Gasteiger partial charge in [-0.25, -0.2) is 9.98 Å². The minimum atomic E-state index is -0.396. The minimum absolute atomic E-state index is 0.123. The van der Waals surface area contributed by atoms with Crippen LogP contribution in [-0.4, -0.2) is 38.5 Å². The fourth-order valence-corrected chi connectivity index (χ4v) is 3.46. The van der Waals surface area contributed by atoms with Gasteiger partial charge in [0.2, 0.25) is 0 Å². The van der Waals surface area contributed by atoms with E-state index in [2.05, 4.69) is 25.6 Å². The monoisotopic (exact) mass is 367 g/mol. The van der Waals surface area contributed by atoms with Crippen LogP contribution in [0.25, 0.3) is 0 Å². The normalized spacial score (nSPS) is 17.8. The maximum absolute atomic E-state index is 12.4. The Morgan fingerprint density at radius 3 is 3.12 bits per heavy atom. The summed E-state index contributed by atoms with van der Waals surface area (Å²) in [5, 5.41) is 8.94. The zero-order valence-electron chi connectivity index (χ0n) is 13.8. The summed E-state index contributed by atoms with van der Waals surface area (Å²) in [4.78, 5) is 27.2. The van der Waals surface area contributed by atoms with E-state index in [1.807, 2.05) is 34.7 Å². The molecule has 0 spiro atoms. The Morgan fingerprint density at radius 2 is 2.27 bits per heavy atom. The van der Waals surface area contributed by atoms with Crippen LogP contribution in [0.4, 0.5) is 17.2 Å². The van der Waals surface area contributed by atoms with Gasteiger partial charge in [-0.3, -0.25) is 9.78 Å². The molecule has 0 aromatic carbocycles. The van der Waals surface area contributed by atoms with Gasteiger partial charge in [0.15, 0.2) is 5.17 Å². The molecule has 0 saturated heterocycles. The van der Waals surface area contributed by atoms with Gasteiger partial charge in [-0.1, -0.05) is 11.8 Å². The summed E-state index contributed by atoms with van der Waals surface area (Å²) in [6, 6.07) is 6.86. The summed E-state index contributed by atoms with van der Waals surface area (Å²) in [5.74, 6) is 0.312. The molecule has 0 radical (unpaired) electrons. The molecule has 1 amide bonds. The van der Waals surface area contributed by atoms with E-state index in [1.54, 1.807) is 18.5 Å². The lowest BCUT2D eigenvalue weighted by molar-refractivity contribution is -0.117. The number of nitrogens with two attached hydrogens (primary N) is 1. The first-order valence-corrected chi connectivity index (χ1v) is 8.95. The second-order valence-corrected chi connectivity index (χ2v) is 6.67. The summed E-state index contributed by atoms with van der Waals surface area (Å²) in [6.45, 7) is 1.05. The fourth-order valence-electron chi connectivity index (χ4n) is 2.67. The molecule has 26 heavy (non-hydrogen) atoms. The number of aliphatic imine (C=N–C) groups is 1. The molecular formula is C17H17N7OS. The zero-order valence-corrected chi connectivity index (χ0v) is 14.6. The Kier molecular flexibility index (Phi) is 4.44. The Morgan fingerprint density at radius 1 is 1.35 bits per heavy atom. The molecule has 1 unspecified atom stereocenters. The van der Waals surface area contributed by atoms with Crippen LogP contribution < -0.4 is 16.4 Å². The number of aromatic nitrogens is 2. The van der Waals surface area contributed by atoms with E-state index in [4.69, 9.17) is 5.73 Å². The SMILES string of the molecule is Nc1ncccc1NCc1cc(NC(=O)C2CN3C=CSC3=N2)ccn1. The highest BCUT2D eigenvalue weighted by Crippen LogP contribution is 2.26. The number of amidine groups is 1. The second kappa shape index (κ2) is 7.04. The van der Waals surface area contributed by atoms with Crippen LogP contribution in [0.1, 0.15) is 5.69 Å². The van der Waals surface area contributed by atoms with E-state index in [1.165, 1.54) is 11.8 Å². The zero-order chi connectivity index (χ0) is 17.9. The first-order chi connectivity index (χ1) is 12.7. The molecule has 4 rings (SSSR count). The molecule has 0 fully saturated rings. The van der Waals surface area contributed by atoms with Gasteiger partial charge in [0, 0.05) is 24.3 Å². The highest BCUT2D eigenvalue weighted by atomic mass is 32.2. The molecule has 0 aliphatic carbocycles. The second-order valence-electron chi connectivity index (χ2n) is 5.80. The number of pyridine rings is 2. The standard InChI is InChI=1S/C17H17N7OS/c18-15-13(2-1-4-20-15)21-9-12-8-11(3-5-19-12)22-16(25)14-10-24-6-7-26-17(24)23-14/h1-8,14,21H,9-10H2,(H2,18,20)(H,19,22,25). The number of hydrogen-bond acceptors (Lipinski definition) is 8. The number of anilines is 3. The average molecular weight is 367 g/mol. The fraction of sp³-hybridized carbons (Fsp3) is 0.176. The van der Waals surface area contributed by atoms with E-state index in [0.717, 1.165) is 16.5 Å². The largest absolute Gasteiger partial charge is 0.382 e. The molecule has 132 valence electrons. The number of rotatable bonds is 5. The number of carbonyl (C=O) groups is 1. The molecule has 2 aromatic heterocycles. The molecular weight excluding hydrogens is 350 g/mol. The van der Waals surface area contributed by atoms with Crippen LogP contribution in [0.2, 0.25) is 0 Å². The van der Waals surface area contributed by atoms with Crippen LogP contribution in [0, 0.1) is 0 Å². The van der Waals surface area contributed by atoms with Crippen molar-refractivity contribution in [3.05, 3.63) is 54.0 Å². The van der Waals surface area contributed by atoms with Crippen molar-refractivity contribution in [2.45, 2.75) is 12.6 Å². The molecule has 9 heteroatoms. The van der Waals surface area contributed by atoms with E-state index >= 15 is 0 Å². The molecule has 2 aliphatic heterocycles. The van der Waals surface area contributed by atoms with Gasteiger partial charge in [0.25, 0.3) is 5.91 Å². The van der Waals surface area contributed by atoms with Gasteiger partial charge in [-0.2, -0.15) is 0 Å². The van der Waals surface area contributed by atoms with Crippen LogP contribution in [0.15, 0.2) is 53.3 Å². The molecule has 8 nitrogen and oxygen atoms in total. The van der Waals surface area contributed by atoms with Crippen molar-refractivity contribution in [3.63, 3.8) is 0 Å². The van der Waals surface area contributed by atoms with Gasteiger partial charge in [-0.05, 0) is 29.7 Å². The third-order valence-corrected chi connectivity index (χ3v) is 4.79. The third-order valence-electron chi connectivity index (χ3n) is 3.98. The van der Waals surface area contributed by atoms with Crippen LogP contribution in [0.5, 0.6) is 0 Å². The number of hydrogen-bond donors (Lipinski definition) is 3. The number of nitrogens with one attached hydrogen (secondary N) is 2. The number of nitrogen functional groups attached to an aromatic ring is 1. The molecule has 0 saturated carbocycles. The van der Waals surface area contributed by atoms with Crippen molar-refractivity contribution in [2.75, 3.05) is 22.9 Å². The molecule has 4 N–H and O–H groups in total. The maximum Gasteiger partial charge on any atom is 0.251 e. The van der Waals surface area contributed by atoms with E-state index < -0.39 is 6.04 Å². The predicted molar refractivity (Wildman–Crippen MR) is 104 cm³/mol. The summed E-state index contributed by atoms with van der Waals surface area (Å²) in [6.07, 6.45) is 5.24. The summed E-state index contributed by atoms with van der Waals surface area (Å²) >= 11 is 1.53. The predicted octanol–water partition coefficient (Wildman–Crippen LogP) is 1.87. The van der Waals surface area contributed by atoms with Crippen molar-refractivity contribution < 1.29 is 4.79 Å². The van der Waals surface area contributed by atoms with Crippen molar-refractivity contribution in [1.29, 1.82) is 0 Å². The Labute approximate surface area is 154 Å². The van der Waals surface area contributed by atoms with Gasteiger partial charge < -0.3 is 21.3 Å².